The van der Waals surface area contributed by atoms with Crippen molar-refractivity contribution in [1.29, 1.82) is 0 Å². The molecular weight excluding hydrogens is 253 g/mol. The number of hydrogen-bond donors (Lipinski definition) is 1. The van der Waals surface area contributed by atoms with Crippen LogP contribution in [-0.2, 0) is 17.7 Å². The van der Waals surface area contributed by atoms with Crippen molar-refractivity contribution >= 4 is 11.3 Å². The van der Waals surface area contributed by atoms with Gasteiger partial charge in [-0.1, -0.05) is 6.92 Å². The molecule has 1 aromatic heterocycles. The van der Waals surface area contributed by atoms with E-state index in [0.717, 1.165) is 17.2 Å². The number of thiazole rings is 1. The van der Waals surface area contributed by atoms with Gasteiger partial charge in [0.25, 0.3) is 0 Å². The summed E-state index contributed by atoms with van der Waals surface area (Å²) in [5.74, 6) is 0. The fourth-order valence-corrected chi connectivity index (χ4v) is 1.92. The van der Waals surface area contributed by atoms with Crippen LogP contribution < -0.4 is 5.32 Å². The third-order valence-corrected chi connectivity index (χ3v) is 2.84. The van der Waals surface area contributed by atoms with Gasteiger partial charge in [-0.3, -0.25) is 0 Å². The first-order chi connectivity index (χ1) is 8.01. The number of alkyl halides is 3. The average Bonchev–Trinajstić information content (AvgIpc) is 2.68. The maximum atomic E-state index is 11.8. The van der Waals surface area contributed by atoms with E-state index in [4.69, 9.17) is 0 Å². The molecule has 1 aromatic rings. The van der Waals surface area contributed by atoms with Gasteiger partial charge in [0.1, 0.15) is 6.61 Å². The highest BCUT2D eigenvalue weighted by Gasteiger charge is 2.27. The van der Waals surface area contributed by atoms with Gasteiger partial charge in [-0.05, 0) is 6.54 Å². The largest absolute Gasteiger partial charge is 0.411 e. The summed E-state index contributed by atoms with van der Waals surface area (Å²) in [5, 5.41) is 5.84. The van der Waals surface area contributed by atoms with E-state index < -0.39 is 12.8 Å². The summed E-state index contributed by atoms with van der Waals surface area (Å²) in [6.07, 6.45) is -3.83. The maximum Gasteiger partial charge on any atom is 0.411 e. The van der Waals surface area contributed by atoms with Crippen molar-refractivity contribution in [2.75, 3.05) is 19.8 Å². The van der Waals surface area contributed by atoms with E-state index in [-0.39, 0.29) is 6.61 Å². The highest BCUT2D eigenvalue weighted by molar-refractivity contribution is 7.09. The van der Waals surface area contributed by atoms with Crippen LogP contribution in [0, 0.1) is 0 Å². The zero-order chi connectivity index (χ0) is 12.7. The van der Waals surface area contributed by atoms with Crippen LogP contribution in [0.5, 0.6) is 0 Å². The van der Waals surface area contributed by atoms with Gasteiger partial charge >= 0.3 is 6.18 Å². The minimum absolute atomic E-state index is 0.0493. The Morgan fingerprint density at radius 1 is 1.47 bits per heavy atom. The summed E-state index contributed by atoms with van der Waals surface area (Å²) in [7, 11) is 0. The van der Waals surface area contributed by atoms with Crippen LogP contribution in [0.2, 0.25) is 0 Å². The van der Waals surface area contributed by atoms with Crippen LogP contribution in [0.1, 0.15) is 17.6 Å². The Labute approximate surface area is 102 Å². The molecule has 0 bridgehead atoms. The molecular formula is C10H15F3N2OS. The Morgan fingerprint density at radius 3 is 2.88 bits per heavy atom. The molecule has 1 N–H and O–H groups in total. The molecule has 1 rings (SSSR count). The van der Waals surface area contributed by atoms with Crippen molar-refractivity contribution in [3.05, 3.63) is 16.1 Å². The van der Waals surface area contributed by atoms with Crippen molar-refractivity contribution < 1.29 is 17.9 Å². The summed E-state index contributed by atoms with van der Waals surface area (Å²) >= 11 is 1.45. The highest BCUT2D eigenvalue weighted by atomic mass is 32.1. The van der Waals surface area contributed by atoms with E-state index in [1.165, 1.54) is 11.3 Å². The topological polar surface area (TPSA) is 34.1 Å². The van der Waals surface area contributed by atoms with Crippen molar-refractivity contribution in [2.45, 2.75) is 26.1 Å². The maximum absolute atomic E-state index is 11.8. The van der Waals surface area contributed by atoms with E-state index in [1.807, 2.05) is 12.3 Å². The van der Waals surface area contributed by atoms with Crippen molar-refractivity contribution in [2.24, 2.45) is 0 Å². The Kier molecular flexibility index (Phi) is 5.87. The molecule has 0 aliphatic rings. The average molecular weight is 268 g/mol. The fraction of sp³-hybridized carbons (Fsp3) is 0.700. The Hall–Kier alpha value is -0.660. The van der Waals surface area contributed by atoms with Gasteiger partial charge in [-0.25, -0.2) is 4.98 Å². The summed E-state index contributed by atoms with van der Waals surface area (Å²) in [6, 6.07) is 0. The Bertz CT molecular complexity index is 328. The second-order valence-corrected chi connectivity index (χ2v) is 4.37. The van der Waals surface area contributed by atoms with Crippen LogP contribution in [0.3, 0.4) is 0 Å². The van der Waals surface area contributed by atoms with E-state index >= 15 is 0 Å². The van der Waals surface area contributed by atoms with Gasteiger partial charge in [0.15, 0.2) is 0 Å². The molecule has 0 aliphatic carbocycles. The summed E-state index contributed by atoms with van der Waals surface area (Å²) in [5.41, 5.74) is 0.919. The van der Waals surface area contributed by atoms with Gasteiger partial charge in [-0.2, -0.15) is 13.2 Å². The lowest BCUT2D eigenvalue weighted by atomic mass is 10.4. The van der Waals surface area contributed by atoms with Crippen molar-refractivity contribution in [3.63, 3.8) is 0 Å². The van der Waals surface area contributed by atoms with E-state index in [9.17, 15) is 13.2 Å². The van der Waals surface area contributed by atoms with Gasteiger partial charge in [0, 0.05) is 18.3 Å². The normalized spacial score (nSPS) is 12.0. The first-order valence-electron chi connectivity index (χ1n) is 5.29. The number of hydrogen-bond acceptors (Lipinski definition) is 4. The lowest BCUT2D eigenvalue weighted by Crippen LogP contribution is -2.18. The molecule has 0 aliphatic heterocycles. The molecule has 0 unspecified atom stereocenters. The number of halogens is 3. The van der Waals surface area contributed by atoms with E-state index in [1.54, 1.807) is 0 Å². The molecule has 0 saturated heterocycles. The minimum Gasteiger partial charge on any atom is -0.372 e. The standard InChI is InChI=1S/C10H15F3N2OS/c1-2-14-5-8-6-17-9(15-8)3-4-16-7-10(11,12)13/h6,14H,2-5,7H2,1H3. The van der Waals surface area contributed by atoms with Crippen LogP contribution >= 0.6 is 11.3 Å². The highest BCUT2D eigenvalue weighted by Crippen LogP contribution is 2.15. The molecule has 0 amide bonds. The summed E-state index contributed by atoms with van der Waals surface area (Å²) < 4.78 is 39.9. The zero-order valence-corrected chi connectivity index (χ0v) is 10.3. The van der Waals surface area contributed by atoms with Gasteiger partial charge in [0.05, 0.1) is 17.3 Å². The number of ether oxygens (including phenoxy) is 1. The summed E-state index contributed by atoms with van der Waals surface area (Å²) in [6.45, 7) is 2.41. The number of rotatable bonds is 7. The van der Waals surface area contributed by atoms with Crippen LogP contribution in [0.4, 0.5) is 13.2 Å². The molecule has 3 nitrogen and oxygen atoms in total. The van der Waals surface area contributed by atoms with Crippen molar-refractivity contribution in [1.82, 2.24) is 10.3 Å². The molecule has 0 saturated carbocycles. The quantitative estimate of drug-likeness (QED) is 0.771. The monoisotopic (exact) mass is 268 g/mol. The zero-order valence-electron chi connectivity index (χ0n) is 9.51. The Balaban J connectivity index is 2.21. The molecule has 0 radical (unpaired) electrons. The predicted octanol–water partition coefficient (Wildman–Crippen LogP) is 2.37. The second-order valence-electron chi connectivity index (χ2n) is 3.43. The predicted molar refractivity (Wildman–Crippen MR) is 60.1 cm³/mol. The first-order valence-corrected chi connectivity index (χ1v) is 6.17. The van der Waals surface area contributed by atoms with E-state index in [2.05, 4.69) is 15.0 Å². The number of nitrogens with one attached hydrogen (secondary N) is 1. The van der Waals surface area contributed by atoms with Crippen LogP contribution in [-0.4, -0.2) is 30.9 Å². The SMILES string of the molecule is CCNCc1csc(CCOCC(F)(F)F)n1. The van der Waals surface area contributed by atoms with Gasteiger partial charge in [0.2, 0.25) is 0 Å². The molecule has 0 fully saturated rings. The molecule has 1 heterocycles. The van der Waals surface area contributed by atoms with Gasteiger partial charge in [-0.15, -0.1) is 11.3 Å². The third kappa shape index (κ3) is 6.60. The molecule has 0 spiro atoms. The van der Waals surface area contributed by atoms with Crippen LogP contribution in [0.15, 0.2) is 5.38 Å². The number of aromatic nitrogens is 1. The van der Waals surface area contributed by atoms with Crippen LogP contribution in [0.25, 0.3) is 0 Å². The second kappa shape index (κ2) is 6.93. The summed E-state index contributed by atoms with van der Waals surface area (Å²) in [4.78, 5) is 4.28. The lowest BCUT2D eigenvalue weighted by Gasteiger charge is -2.06. The molecule has 98 valence electrons. The minimum atomic E-state index is -4.25. The smallest absolute Gasteiger partial charge is 0.372 e. The molecule has 0 atom stereocenters. The fourth-order valence-electron chi connectivity index (χ4n) is 1.15. The molecule has 17 heavy (non-hydrogen) atoms. The molecule has 7 heteroatoms. The first kappa shape index (κ1) is 14.4. The van der Waals surface area contributed by atoms with Crippen molar-refractivity contribution in [3.8, 4) is 0 Å². The lowest BCUT2D eigenvalue weighted by molar-refractivity contribution is -0.173. The number of nitrogens with zero attached hydrogens (tertiary/aromatic N) is 1. The van der Waals surface area contributed by atoms with E-state index in [0.29, 0.717) is 13.0 Å². The molecule has 0 aromatic carbocycles. The van der Waals surface area contributed by atoms with Gasteiger partial charge < -0.3 is 10.1 Å². The Morgan fingerprint density at radius 2 is 2.24 bits per heavy atom. The third-order valence-electron chi connectivity index (χ3n) is 1.88.